The van der Waals surface area contributed by atoms with Gasteiger partial charge < -0.3 is 0 Å². The zero-order valence-corrected chi connectivity index (χ0v) is 15.3. The summed E-state index contributed by atoms with van der Waals surface area (Å²) in [5.41, 5.74) is 8.76. The molecule has 26 heavy (non-hydrogen) atoms. The molecule has 0 spiro atoms. The normalized spacial score (nSPS) is 11.2. The average Bonchev–Trinajstić information content (AvgIpc) is 2.61. The summed E-state index contributed by atoms with van der Waals surface area (Å²) in [4.78, 5) is 10.8. The second kappa shape index (κ2) is 8.28. The molecule has 0 aliphatic carbocycles. The quantitative estimate of drug-likeness (QED) is 0.320. The van der Waals surface area contributed by atoms with Crippen molar-refractivity contribution in [2.75, 3.05) is 5.43 Å². The minimum absolute atomic E-state index is 0.00345. The molecule has 0 atom stereocenters. The van der Waals surface area contributed by atoms with Gasteiger partial charge in [0.15, 0.2) is 0 Å². The molecule has 5 heteroatoms. The van der Waals surface area contributed by atoms with Crippen LogP contribution in [-0.4, -0.2) is 11.1 Å². The van der Waals surface area contributed by atoms with E-state index in [0.29, 0.717) is 12.1 Å². The van der Waals surface area contributed by atoms with Gasteiger partial charge in [0.25, 0.3) is 5.69 Å². The monoisotopic (exact) mass is 349 g/mol. The molecule has 0 heterocycles. The Morgan fingerprint density at radius 1 is 1.31 bits per heavy atom. The number of nitro groups is 1. The van der Waals surface area contributed by atoms with Crippen LogP contribution < -0.4 is 5.43 Å². The minimum atomic E-state index is -0.416. The first-order valence-electron chi connectivity index (χ1n) is 8.32. The Hall–Kier alpha value is -3.17. The van der Waals surface area contributed by atoms with Gasteiger partial charge >= 0.3 is 0 Å². The SMILES string of the molecule is C=C=C(Cc1ccccc1)C(C)(C)C=NNc1ccc(C)cc1[N+](=O)[O-]. The highest BCUT2D eigenvalue weighted by Gasteiger charge is 2.21. The van der Waals surface area contributed by atoms with Crippen molar-refractivity contribution in [3.05, 3.63) is 87.7 Å². The maximum absolute atomic E-state index is 11.2. The van der Waals surface area contributed by atoms with Crippen LogP contribution in [0.5, 0.6) is 0 Å². The van der Waals surface area contributed by atoms with Crippen LogP contribution in [0.1, 0.15) is 25.0 Å². The molecule has 0 radical (unpaired) electrons. The van der Waals surface area contributed by atoms with E-state index >= 15 is 0 Å². The van der Waals surface area contributed by atoms with E-state index in [4.69, 9.17) is 0 Å². The molecule has 0 fully saturated rings. The molecule has 1 N–H and O–H groups in total. The van der Waals surface area contributed by atoms with Crippen molar-refractivity contribution in [1.82, 2.24) is 0 Å². The smallest absolute Gasteiger partial charge is 0.272 e. The van der Waals surface area contributed by atoms with Gasteiger partial charge in [0, 0.05) is 24.1 Å². The number of hydrogen-bond donors (Lipinski definition) is 1. The van der Waals surface area contributed by atoms with Crippen LogP contribution in [0.3, 0.4) is 0 Å². The minimum Gasteiger partial charge on any atom is -0.272 e. The summed E-state index contributed by atoms with van der Waals surface area (Å²) in [6.45, 7) is 9.64. The number of hydrogen-bond acceptors (Lipinski definition) is 4. The molecule has 2 rings (SSSR count). The molecular weight excluding hydrogens is 326 g/mol. The standard InChI is InChI=1S/C21H23N3O2/c1-5-18(14-17-9-7-6-8-10-17)21(3,4)15-22-23-19-12-11-16(2)13-20(19)24(25)26/h6-13,15,23H,1,14H2,2-4H3. The molecule has 0 bridgehead atoms. The van der Waals surface area contributed by atoms with E-state index in [-0.39, 0.29) is 5.69 Å². The Labute approximate surface area is 153 Å². The first-order valence-corrected chi connectivity index (χ1v) is 8.32. The molecule has 134 valence electrons. The number of aryl methyl sites for hydroxylation is 1. The molecule has 0 aliphatic heterocycles. The van der Waals surface area contributed by atoms with Gasteiger partial charge in [-0.15, -0.1) is 5.73 Å². The van der Waals surface area contributed by atoms with Gasteiger partial charge in [0.2, 0.25) is 0 Å². The molecule has 0 saturated carbocycles. The molecule has 0 aliphatic rings. The van der Waals surface area contributed by atoms with Crippen molar-refractivity contribution in [1.29, 1.82) is 0 Å². The van der Waals surface area contributed by atoms with Gasteiger partial charge in [0.05, 0.1) is 4.92 Å². The Bertz CT molecular complexity index is 864. The van der Waals surface area contributed by atoms with Gasteiger partial charge in [0.1, 0.15) is 5.69 Å². The average molecular weight is 349 g/mol. The molecule has 0 saturated heterocycles. The Kier molecular flexibility index (Phi) is 6.10. The lowest BCUT2D eigenvalue weighted by molar-refractivity contribution is -0.384. The van der Waals surface area contributed by atoms with E-state index in [1.54, 1.807) is 18.3 Å². The fourth-order valence-corrected chi connectivity index (χ4v) is 2.55. The van der Waals surface area contributed by atoms with Crippen molar-refractivity contribution < 1.29 is 4.92 Å². The van der Waals surface area contributed by atoms with E-state index in [2.05, 4.69) is 35.0 Å². The molecule has 0 amide bonds. The number of nitro benzene ring substituents is 1. The number of allylic oxidation sites excluding steroid dienone is 1. The van der Waals surface area contributed by atoms with E-state index in [9.17, 15) is 10.1 Å². The number of anilines is 1. The lowest BCUT2D eigenvalue weighted by atomic mass is 9.82. The predicted octanol–water partition coefficient (Wildman–Crippen LogP) is 5.28. The summed E-state index contributed by atoms with van der Waals surface area (Å²) in [7, 11) is 0. The van der Waals surface area contributed by atoms with Gasteiger partial charge in [-0.25, -0.2) is 0 Å². The van der Waals surface area contributed by atoms with Crippen LogP contribution in [0.25, 0.3) is 0 Å². The van der Waals surface area contributed by atoms with Crippen molar-refractivity contribution >= 4 is 17.6 Å². The lowest BCUT2D eigenvalue weighted by Crippen LogP contribution is -2.18. The van der Waals surface area contributed by atoms with Gasteiger partial charge in [-0.05, 0) is 29.7 Å². The van der Waals surface area contributed by atoms with Crippen LogP contribution in [0.4, 0.5) is 11.4 Å². The van der Waals surface area contributed by atoms with Crippen LogP contribution in [-0.2, 0) is 6.42 Å². The Morgan fingerprint density at radius 2 is 2.00 bits per heavy atom. The molecule has 0 aromatic heterocycles. The maximum Gasteiger partial charge on any atom is 0.294 e. The van der Waals surface area contributed by atoms with Gasteiger partial charge in [-0.2, -0.15) is 5.10 Å². The van der Waals surface area contributed by atoms with Crippen molar-refractivity contribution in [2.45, 2.75) is 27.2 Å². The highest BCUT2D eigenvalue weighted by molar-refractivity contribution is 5.72. The first-order chi connectivity index (χ1) is 12.3. The number of benzene rings is 2. The summed E-state index contributed by atoms with van der Waals surface area (Å²) in [6, 6.07) is 15.1. The fourth-order valence-electron chi connectivity index (χ4n) is 2.55. The second-order valence-electron chi connectivity index (χ2n) is 6.69. The first kappa shape index (κ1) is 19.2. The number of rotatable bonds is 7. The highest BCUT2D eigenvalue weighted by Crippen LogP contribution is 2.28. The van der Waals surface area contributed by atoms with Crippen LogP contribution in [0.15, 0.2) is 71.5 Å². The van der Waals surface area contributed by atoms with E-state index in [1.165, 1.54) is 11.6 Å². The topological polar surface area (TPSA) is 67.5 Å². The summed E-state index contributed by atoms with van der Waals surface area (Å²) in [6.07, 6.45) is 2.45. The van der Waals surface area contributed by atoms with Gasteiger partial charge in [-0.3, -0.25) is 15.5 Å². The molecule has 0 unspecified atom stereocenters. The second-order valence-corrected chi connectivity index (χ2v) is 6.69. The van der Waals surface area contributed by atoms with E-state index in [1.807, 2.05) is 39.0 Å². The largest absolute Gasteiger partial charge is 0.294 e. The van der Waals surface area contributed by atoms with Crippen molar-refractivity contribution in [3.63, 3.8) is 0 Å². The van der Waals surface area contributed by atoms with Crippen LogP contribution in [0.2, 0.25) is 0 Å². The highest BCUT2D eigenvalue weighted by atomic mass is 16.6. The van der Waals surface area contributed by atoms with Crippen LogP contribution >= 0.6 is 0 Å². The van der Waals surface area contributed by atoms with E-state index < -0.39 is 10.3 Å². The third kappa shape index (κ3) is 4.91. The number of nitrogens with zero attached hydrogens (tertiary/aromatic N) is 2. The number of hydrazone groups is 1. The molecule has 2 aromatic carbocycles. The fraction of sp³-hybridized carbons (Fsp3) is 0.238. The molecular formula is C21H23N3O2. The summed E-state index contributed by atoms with van der Waals surface area (Å²) in [5, 5.41) is 15.4. The lowest BCUT2D eigenvalue weighted by Gasteiger charge is -2.22. The zero-order chi connectivity index (χ0) is 19.2. The predicted molar refractivity (Wildman–Crippen MR) is 107 cm³/mol. The maximum atomic E-state index is 11.2. The third-order valence-electron chi connectivity index (χ3n) is 4.14. The van der Waals surface area contributed by atoms with Crippen molar-refractivity contribution in [3.8, 4) is 0 Å². The van der Waals surface area contributed by atoms with E-state index in [0.717, 1.165) is 11.1 Å². The third-order valence-corrected chi connectivity index (χ3v) is 4.14. The number of nitrogens with one attached hydrogen (secondary N) is 1. The Balaban J connectivity index is 2.15. The Morgan fingerprint density at radius 3 is 2.62 bits per heavy atom. The van der Waals surface area contributed by atoms with Crippen LogP contribution in [0, 0.1) is 22.5 Å². The summed E-state index contributed by atoms with van der Waals surface area (Å²) >= 11 is 0. The van der Waals surface area contributed by atoms with Gasteiger partial charge in [-0.1, -0.05) is 56.8 Å². The zero-order valence-electron chi connectivity index (χ0n) is 15.3. The molecule has 5 nitrogen and oxygen atoms in total. The summed E-state index contributed by atoms with van der Waals surface area (Å²) in [5.74, 6) is 0. The summed E-state index contributed by atoms with van der Waals surface area (Å²) < 4.78 is 0. The van der Waals surface area contributed by atoms with Crippen molar-refractivity contribution in [2.24, 2.45) is 10.5 Å². The molecule has 2 aromatic rings.